The molecule has 2 bridgehead atoms. The topological polar surface area (TPSA) is 67.4 Å². The van der Waals surface area contributed by atoms with Gasteiger partial charge in [0.25, 0.3) is 0 Å². The van der Waals surface area contributed by atoms with Crippen LogP contribution in [0.4, 0.5) is 4.79 Å². The normalized spacial score (nSPS) is 33.6. The molecule has 4 atom stereocenters. The number of carbonyl (C=O) groups is 2. The summed E-state index contributed by atoms with van der Waals surface area (Å²) in [6, 6.07) is -0.139. The van der Waals surface area contributed by atoms with Crippen molar-refractivity contribution in [2.45, 2.75) is 59.1 Å². The monoisotopic (exact) mass is 296 g/mol. The van der Waals surface area contributed by atoms with Crippen molar-refractivity contribution in [3.05, 3.63) is 0 Å². The Labute approximate surface area is 127 Å². The van der Waals surface area contributed by atoms with E-state index in [4.69, 9.17) is 4.74 Å². The fraction of sp³-hybridized carbons (Fsp3) is 0.875. The molecule has 0 aromatic carbocycles. The van der Waals surface area contributed by atoms with E-state index in [0.29, 0.717) is 11.8 Å². The molecule has 21 heavy (non-hydrogen) atoms. The highest BCUT2D eigenvalue weighted by molar-refractivity contribution is 5.80. The van der Waals surface area contributed by atoms with E-state index in [-0.39, 0.29) is 23.3 Å². The number of hydrogen-bond donors (Lipinski definition) is 2. The molecule has 5 nitrogen and oxygen atoms in total. The van der Waals surface area contributed by atoms with E-state index in [2.05, 4.69) is 24.5 Å². The molecule has 0 heterocycles. The third kappa shape index (κ3) is 3.01. The summed E-state index contributed by atoms with van der Waals surface area (Å²) in [6.45, 7) is 9.98. The van der Waals surface area contributed by atoms with Crippen LogP contribution in [0, 0.1) is 23.2 Å². The Morgan fingerprint density at radius 3 is 2.29 bits per heavy atom. The van der Waals surface area contributed by atoms with Gasteiger partial charge < -0.3 is 15.4 Å². The minimum absolute atomic E-state index is 0.0151. The number of amides is 2. The molecule has 120 valence electrons. The zero-order valence-corrected chi connectivity index (χ0v) is 13.9. The van der Waals surface area contributed by atoms with E-state index in [0.717, 1.165) is 12.8 Å². The van der Waals surface area contributed by atoms with Crippen molar-refractivity contribution < 1.29 is 14.3 Å². The molecule has 3 saturated carbocycles. The highest BCUT2D eigenvalue weighted by atomic mass is 16.6. The quantitative estimate of drug-likeness (QED) is 0.821. The molecule has 0 radical (unpaired) electrons. The van der Waals surface area contributed by atoms with Gasteiger partial charge in [0.1, 0.15) is 5.60 Å². The van der Waals surface area contributed by atoms with E-state index >= 15 is 0 Å². The van der Waals surface area contributed by atoms with Gasteiger partial charge in [0, 0.05) is 13.1 Å². The van der Waals surface area contributed by atoms with Crippen LogP contribution in [0.1, 0.15) is 47.5 Å². The van der Waals surface area contributed by atoms with E-state index in [1.165, 1.54) is 0 Å². The summed E-state index contributed by atoms with van der Waals surface area (Å²) in [6.07, 6.45) is 1.49. The zero-order chi connectivity index (χ0) is 16.0. The molecule has 0 saturated heterocycles. The van der Waals surface area contributed by atoms with Crippen molar-refractivity contribution in [3.63, 3.8) is 0 Å². The molecule has 2 N–H and O–H groups in total. The number of ether oxygens (including phenoxy) is 1. The molecule has 3 aliphatic carbocycles. The molecule has 0 aromatic rings. The average molecular weight is 296 g/mol. The first-order chi connectivity index (χ1) is 9.56. The number of fused-ring (bicyclic) bond motifs is 2. The zero-order valence-electron chi connectivity index (χ0n) is 13.9. The maximum absolute atomic E-state index is 12.1. The van der Waals surface area contributed by atoms with E-state index in [1.54, 1.807) is 7.05 Å². The minimum atomic E-state index is -0.529. The van der Waals surface area contributed by atoms with E-state index in [9.17, 15) is 9.59 Å². The Balaban J connectivity index is 2.11. The molecule has 3 aliphatic rings. The number of nitrogens with one attached hydrogen (secondary N) is 2. The van der Waals surface area contributed by atoms with Gasteiger partial charge in [0.2, 0.25) is 5.91 Å². The van der Waals surface area contributed by atoms with E-state index in [1.807, 2.05) is 20.8 Å². The highest BCUT2D eigenvalue weighted by Crippen LogP contribution is 2.60. The van der Waals surface area contributed by atoms with Crippen LogP contribution in [0.5, 0.6) is 0 Å². The Morgan fingerprint density at radius 1 is 1.19 bits per heavy atom. The van der Waals surface area contributed by atoms with Gasteiger partial charge in [0.05, 0.1) is 5.92 Å². The molecular formula is C16H28N2O3. The maximum atomic E-state index is 12.1. The molecule has 0 aromatic heterocycles. The summed E-state index contributed by atoms with van der Waals surface area (Å²) in [4.78, 5) is 24.2. The van der Waals surface area contributed by atoms with Crippen LogP contribution in [0.15, 0.2) is 0 Å². The van der Waals surface area contributed by atoms with Gasteiger partial charge in [0.15, 0.2) is 0 Å². The first-order valence-electron chi connectivity index (χ1n) is 7.77. The Bertz CT molecular complexity index is 439. The summed E-state index contributed by atoms with van der Waals surface area (Å²) in [5, 5.41) is 5.69. The van der Waals surface area contributed by atoms with Crippen molar-refractivity contribution >= 4 is 12.0 Å². The number of carbonyl (C=O) groups excluding carboxylic acids is 2. The number of hydrogen-bond acceptors (Lipinski definition) is 3. The Kier molecular flexibility index (Phi) is 3.98. The number of alkyl carbamates (subject to hydrolysis) is 1. The lowest BCUT2D eigenvalue weighted by Crippen LogP contribution is -2.65. The maximum Gasteiger partial charge on any atom is 0.407 e. The molecule has 0 unspecified atom stereocenters. The van der Waals surface area contributed by atoms with Crippen molar-refractivity contribution in [1.82, 2.24) is 10.6 Å². The van der Waals surface area contributed by atoms with Gasteiger partial charge in [-0.2, -0.15) is 0 Å². The van der Waals surface area contributed by atoms with Crippen LogP contribution in [0.3, 0.4) is 0 Å². The summed E-state index contributed by atoms with van der Waals surface area (Å²) >= 11 is 0. The lowest BCUT2D eigenvalue weighted by Gasteiger charge is -2.61. The fourth-order valence-electron chi connectivity index (χ4n) is 3.90. The largest absolute Gasteiger partial charge is 0.444 e. The van der Waals surface area contributed by atoms with Crippen molar-refractivity contribution in [2.75, 3.05) is 7.05 Å². The predicted octanol–water partition coefficient (Wildman–Crippen LogP) is 2.31. The molecule has 3 fully saturated rings. The standard InChI is InChI=1S/C16H28N2O3/c1-15(2,3)21-14(20)18-12-10(13(19)17-6)7-9-8-11(12)16(9,4)5/h9-12H,7-8H2,1-6H3,(H,17,19)(H,18,20)/t9-,10-,11-,12-/m0/s1. The van der Waals surface area contributed by atoms with Gasteiger partial charge in [-0.1, -0.05) is 13.8 Å². The SMILES string of the molecule is CNC(=O)[C@H]1C[C@H]2C[C@@H]([C@H]1NC(=O)OC(C)(C)C)C2(C)C. The van der Waals surface area contributed by atoms with Gasteiger partial charge in [-0.05, 0) is 50.9 Å². The van der Waals surface area contributed by atoms with Crippen LogP contribution >= 0.6 is 0 Å². The average Bonchev–Trinajstić information content (AvgIpc) is 2.35. The Hall–Kier alpha value is -1.26. The smallest absolute Gasteiger partial charge is 0.407 e. The fourth-order valence-corrected chi connectivity index (χ4v) is 3.90. The first kappa shape index (κ1) is 16.1. The predicted molar refractivity (Wildman–Crippen MR) is 80.7 cm³/mol. The summed E-state index contributed by atoms with van der Waals surface area (Å²) in [5.74, 6) is 0.771. The van der Waals surface area contributed by atoms with Gasteiger partial charge in [-0.25, -0.2) is 4.79 Å². The van der Waals surface area contributed by atoms with Gasteiger partial charge >= 0.3 is 6.09 Å². The second-order valence-electron chi connectivity index (χ2n) is 7.99. The number of rotatable bonds is 2. The van der Waals surface area contributed by atoms with Gasteiger partial charge in [-0.15, -0.1) is 0 Å². The molecule has 0 spiro atoms. The molecule has 3 rings (SSSR count). The van der Waals surface area contributed by atoms with Crippen LogP contribution in [-0.4, -0.2) is 30.7 Å². The van der Waals surface area contributed by atoms with Crippen molar-refractivity contribution in [3.8, 4) is 0 Å². The third-order valence-corrected chi connectivity index (χ3v) is 5.22. The lowest BCUT2D eigenvalue weighted by atomic mass is 9.45. The second-order valence-corrected chi connectivity index (χ2v) is 7.99. The van der Waals surface area contributed by atoms with Crippen LogP contribution < -0.4 is 10.6 Å². The first-order valence-corrected chi connectivity index (χ1v) is 7.77. The lowest BCUT2D eigenvalue weighted by molar-refractivity contribution is -0.146. The second kappa shape index (κ2) is 5.18. The summed E-state index contributed by atoms with van der Waals surface area (Å²) in [7, 11) is 1.65. The van der Waals surface area contributed by atoms with Crippen molar-refractivity contribution in [2.24, 2.45) is 23.2 Å². The van der Waals surface area contributed by atoms with E-state index < -0.39 is 11.7 Å². The third-order valence-electron chi connectivity index (χ3n) is 5.22. The molecular weight excluding hydrogens is 268 g/mol. The Morgan fingerprint density at radius 2 is 1.81 bits per heavy atom. The minimum Gasteiger partial charge on any atom is -0.444 e. The van der Waals surface area contributed by atoms with Crippen LogP contribution in [0.2, 0.25) is 0 Å². The molecule has 0 aliphatic heterocycles. The summed E-state index contributed by atoms with van der Waals surface area (Å²) < 4.78 is 5.35. The van der Waals surface area contributed by atoms with Gasteiger partial charge in [-0.3, -0.25) is 4.79 Å². The molecule has 2 amide bonds. The molecule has 5 heteroatoms. The van der Waals surface area contributed by atoms with Crippen LogP contribution in [-0.2, 0) is 9.53 Å². The summed E-state index contributed by atoms with van der Waals surface area (Å²) in [5.41, 5.74) is -0.344. The highest BCUT2D eigenvalue weighted by Gasteiger charge is 2.59. The van der Waals surface area contributed by atoms with Crippen molar-refractivity contribution in [1.29, 1.82) is 0 Å². The van der Waals surface area contributed by atoms with Crippen LogP contribution in [0.25, 0.3) is 0 Å².